The van der Waals surface area contributed by atoms with Crippen LogP contribution in [0, 0.1) is 5.92 Å². The highest BCUT2D eigenvalue weighted by atomic mass is 32.1. The molecule has 1 saturated heterocycles. The van der Waals surface area contributed by atoms with Gasteiger partial charge in [-0.1, -0.05) is 36.4 Å². The van der Waals surface area contributed by atoms with E-state index in [0.29, 0.717) is 23.8 Å². The Labute approximate surface area is 158 Å². The molecule has 2 atom stereocenters. The molecule has 1 aliphatic rings. The van der Waals surface area contributed by atoms with Crippen LogP contribution in [0.4, 0.5) is 0 Å². The fourth-order valence-corrected chi connectivity index (χ4v) is 3.81. The summed E-state index contributed by atoms with van der Waals surface area (Å²) < 4.78 is 0. The Bertz CT molecular complexity index is 697. The van der Waals surface area contributed by atoms with E-state index in [4.69, 9.17) is 0 Å². The molecule has 3 rings (SSSR count). The molecule has 5 nitrogen and oxygen atoms in total. The normalized spacial score (nSPS) is 17.6. The van der Waals surface area contributed by atoms with Crippen molar-refractivity contribution in [3.63, 3.8) is 0 Å². The van der Waals surface area contributed by atoms with Gasteiger partial charge in [-0.25, -0.2) is 0 Å². The fraction of sp³-hybridized carbons (Fsp3) is 0.400. The monoisotopic (exact) mass is 371 g/mol. The minimum absolute atomic E-state index is 0.121. The van der Waals surface area contributed by atoms with Crippen LogP contribution in [-0.4, -0.2) is 37.5 Å². The molecule has 2 amide bonds. The Morgan fingerprint density at radius 2 is 2.04 bits per heavy atom. The quantitative estimate of drug-likeness (QED) is 0.666. The van der Waals surface area contributed by atoms with Gasteiger partial charge in [-0.05, 0) is 48.9 Å². The molecule has 0 aliphatic carbocycles. The second-order valence-corrected chi connectivity index (χ2v) is 7.58. The van der Waals surface area contributed by atoms with Crippen LogP contribution in [-0.2, 0) is 11.2 Å². The number of hydrogen-bond acceptors (Lipinski definition) is 4. The van der Waals surface area contributed by atoms with Gasteiger partial charge in [-0.2, -0.15) is 0 Å². The van der Waals surface area contributed by atoms with Gasteiger partial charge in [0.05, 0.1) is 4.88 Å². The summed E-state index contributed by atoms with van der Waals surface area (Å²) in [6.45, 7) is 2.73. The number of carbonyl (C=O) groups is 2. The predicted molar refractivity (Wildman–Crippen MR) is 104 cm³/mol. The first-order valence-corrected chi connectivity index (χ1v) is 9.97. The summed E-state index contributed by atoms with van der Waals surface area (Å²) in [5, 5.41) is 11.1. The number of benzene rings is 1. The molecule has 1 aromatic heterocycles. The van der Waals surface area contributed by atoms with Crippen molar-refractivity contribution in [2.45, 2.75) is 25.3 Å². The molecular weight excluding hydrogens is 346 g/mol. The molecule has 0 bridgehead atoms. The molecule has 0 saturated carbocycles. The van der Waals surface area contributed by atoms with Crippen molar-refractivity contribution in [3.8, 4) is 0 Å². The zero-order valence-corrected chi connectivity index (χ0v) is 15.6. The third kappa shape index (κ3) is 5.41. The minimum atomic E-state index is -0.575. The summed E-state index contributed by atoms with van der Waals surface area (Å²) in [6, 6.07) is 12.8. The molecule has 138 valence electrons. The first-order chi connectivity index (χ1) is 12.7. The zero-order chi connectivity index (χ0) is 18.2. The predicted octanol–water partition coefficient (Wildman–Crippen LogP) is 2.21. The van der Waals surface area contributed by atoms with Crippen molar-refractivity contribution in [1.82, 2.24) is 16.0 Å². The Morgan fingerprint density at radius 3 is 2.73 bits per heavy atom. The van der Waals surface area contributed by atoms with Crippen LogP contribution in [0.1, 0.15) is 28.1 Å². The molecule has 1 aromatic carbocycles. The summed E-state index contributed by atoms with van der Waals surface area (Å²) in [4.78, 5) is 25.7. The van der Waals surface area contributed by atoms with E-state index in [-0.39, 0.29) is 11.8 Å². The number of thiophene rings is 1. The maximum absolute atomic E-state index is 12.7. The third-order valence-electron chi connectivity index (χ3n) is 4.66. The van der Waals surface area contributed by atoms with E-state index in [2.05, 4.69) is 16.0 Å². The van der Waals surface area contributed by atoms with Crippen LogP contribution in [0.2, 0.25) is 0 Å². The zero-order valence-electron chi connectivity index (χ0n) is 14.7. The molecule has 1 fully saturated rings. The summed E-state index contributed by atoms with van der Waals surface area (Å²) >= 11 is 1.38. The number of carbonyl (C=O) groups excluding carboxylic acids is 2. The van der Waals surface area contributed by atoms with Crippen LogP contribution in [0.3, 0.4) is 0 Å². The van der Waals surface area contributed by atoms with Crippen LogP contribution in [0.5, 0.6) is 0 Å². The Hall–Kier alpha value is -2.18. The number of hydrogen-bond donors (Lipinski definition) is 3. The van der Waals surface area contributed by atoms with Crippen molar-refractivity contribution in [1.29, 1.82) is 0 Å². The summed E-state index contributed by atoms with van der Waals surface area (Å²) in [5.41, 5.74) is 1.03. The van der Waals surface area contributed by atoms with Crippen molar-refractivity contribution < 1.29 is 9.59 Å². The Kier molecular flexibility index (Phi) is 6.80. The average molecular weight is 372 g/mol. The first-order valence-electron chi connectivity index (χ1n) is 9.09. The molecule has 3 N–H and O–H groups in total. The van der Waals surface area contributed by atoms with Gasteiger partial charge in [0.15, 0.2) is 0 Å². The van der Waals surface area contributed by atoms with Crippen LogP contribution >= 0.6 is 11.3 Å². The van der Waals surface area contributed by atoms with Gasteiger partial charge in [0.2, 0.25) is 5.91 Å². The first kappa shape index (κ1) is 18.6. The molecule has 26 heavy (non-hydrogen) atoms. The molecule has 2 unspecified atom stereocenters. The Balaban J connectivity index is 1.59. The van der Waals surface area contributed by atoms with Gasteiger partial charge in [0.1, 0.15) is 6.04 Å². The van der Waals surface area contributed by atoms with Crippen LogP contribution < -0.4 is 16.0 Å². The van der Waals surface area contributed by atoms with E-state index >= 15 is 0 Å². The van der Waals surface area contributed by atoms with Crippen molar-refractivity contribution in [3.05, 3.63) is 58.3 Å². The lowest BCUT2D eigenvalue weighted by Crippen LogP contribution is -2.48. The smallest absolute Gasteiger partial charge is 0.262 e. The van der Waals surface area contributed by atoms with Gasteiger partial charge >= 0.3 is 0 Å². The summed E-state index contributed by atoms with van der Waals surface area (Å²) in [7, 11) is 0. The summed E-state index contributed by atoms with van der Waals surface area (Å²) in [6.07, 6.45) is 2.61. The minimum Gasteiger partial charge on any atom is -0.354 e. The highest BCUT2D eigenvalue weighted by molar-refractivity contribution is 7.12. The van der Waals surface area contributed by atoms with Gasteiger partial charge in [0, 0.05) is 13.0 Å². The van der Waals surface area contributed by atoms with E-state index in [1.54, 1.807) is 6.07 Å². The maximum atomic E-state index is 12.7. The van der Waals surface area contributed by atoms with Crippen LogP contribution in [0.15, 0.2) is 47.8 Å². The van der Waals surface area contributed by atoms with E-state index in [0.717, 1.165) is 25.1 Å². The van der Waals surface area contributed by atoms with Gasteiger partial charge < -0.3 is 16.0 Å². The average Bonchev–Trinajstić information content (AvgIpc) is 3.36. The number of amides is 2. The topological polar surface area (TPSA) is 70.2 Å². The Morgan fingerprint density at radius 1 is 1.19 bits per heavy atom. The SMILES string of the molecule is O=C(NC(Cc1ccccc1)C(=O)NCCC1CCNC1)c1cccs1. The van der Waals surface area contributed by atoms with E-state index in [1.165, 1.54) is 17.8 Å². The van der Waals surface area contributed by atoms with Gasteiger partial charge in [-0.15, -0.1) is 11.3 Å². The molecule has 0 spiro atoms. The van der Waals surface area contributed by atoms with Crippen molar-refractivity contribution in [2.24, 2.45) is 5.92 Å². The second kappa shape index (κ2) is 9.50. The largest absolute Gasteiger partial charge is 0.354 e. The third-order valence-corrected chi connectivity index (χ3v) is 5.53. The molecular formula is C20H25N3O2S. The molecule has 1 aliphatic heterocycles. The summed E-state index contributed by atoms with van der Waals surface area (Å²) in [5.74, 6) is 0.310. The van der Waals surface area contributed by atoms with Crippen molar-refractivity contribution in [2.75, 3.05) is 19.6 Å². The highest BCUT2D eigenvalue weighted by Crippen LogP contribution is 2.12. The highest BCUT2D eigenvalue weighted by Gasteiger charge is 2.22. The second-order valence-electron chi connectivity index (χ2n) is 6.63. The lowest BCUT2D eigenvalue weighted by Gasteiger charge is -2.19. The fourth-order valence-electron chi connectivity index (χ4n) is 3.18. The standard InChI is InChI=1S/C20H25N3O2S/c24-19(22-11-9-16-8-10-21-14-16)17(13-15-5-2-1-3-6-15)23-20(25)18-7-4-12-26-18/h1-7,12,16-17,21H,8-11,13-14H2,(H,22,24)(H,23,25). The number of nitrogens with one attached hydrogen (secondary N) is 3. The van der Waals surface area contributed by atoms with Gasteiger partial charge in [-0.3, -0.25) is 9.59 Å². The van der Waals surface area contributed by atoms with Crippen molar-refractivity contribution >= 4 is 23.2 Å². The van der Waals surface area contributed by atoms with Gasteiger partial charge in [0.25, 0.3) is 5.91 Å². The molecule has 2 aromatic rings. The van der Waals surface area contributed by atoms with E-state index in [1.807, 2.05) is 41.8 Å². The van der Waals surface area contributed by atoms with Crippen LogP contribution in [0.25, 0.3) is 0 Å². The molecule has 6 heteroatoms. The lowest BCUT2D eigenvalue weighted by molar-refractivity contribution is -0.123. The maximum Gasteiger partial charge on any atom is 0.262 e. The molecule has 2 heterocycles. The lowest BCUT2D eigenvalue weighted by atomic mass is 10.0. The number of rotatable bonds is 8. The molecule has 0 radical (unpaired) electrons. The van der Waals surface area contributed by atoms with E-state index < -0.39 is 6.04 Å². The van der Waals surface area contributed by atoms with E-state index in [9.17, 15) is 9.59 Å².